The Bertz CT molecular complexity index is 1660. The number of alkyl carbamates (subject to hydrolysis) is 1. The normalized spacial score (nSPS) is 17.9. The van der Waals surface area contributed by atoms with Crippen LogP contribution in [0.4, 0.5) is 10.5 Å². The number of rotatable bonds is 13. The third kappa shape index (κ3) is 10.3. The molecule has 1 aliphatic heterocycles. The van der Waals surface area contributed by atoms with Crippen LogP contribution in [0.5, 0.6) is 5.88 Å². The Balaban J connectivity index is 1.24. The molecular weight excluding hydrogens is 620 g/mol. The molecule has 258 valence electrons. The largest absolute Gasteiger partial charge is 0.478 e. The molecule has 1 aromatic heterocycles. The van der Waals surface area contributed by atoms with Crippen molar-refractivity contribution in [2.75, 3.05) is 25.1 Å². The summed E-state index contributed by atoms with van der Waals surface area (Å²) in [6.07, 6.45) is 4.98. The summed E-state index contributed by atoms with van der Waals surface area (Å²) in [6, 6.07) is 19.2. The molecule has 0 spiro atoms. The lowest BCUT2D eigenvalue weighted by molar-refractivity contribution is -0.129. The summed E-state index contributed by atoms with van der Waals surface area (Å²) in [5.41, 5.74) is 3.72. The van der Waals surface area contributed by atoms with Crippen LogP contribution in [0, 0.1) is 17.8 Å². The number of nitrogens with zero attached hydrogens (tertiary/aromatic N) is 4. The van der Waals surface area contributed by atoms with E-state index in [1.807, 2.05) is 88.4 Å². The molecule has 0 bridgehead atoms. The van der Waals surface area contributed by atoms with Crippen molar-refractivity contribution in [2.24, 2.45) is 33.0 Å². The molecular formula is C38H46N6O5. The first-order valence-corrected chi connectivity index (χ1v) is 17.1. The smallest absolute Gasteiger partial charge is 0.407 e. The minimum absolute atomic E-state index is 0.104. The molecule has 0 unspecified atom stereocenters. The summed E-state index contributed by atoms with van der Waals surface area (Å²) >= 11 is 0. The van der Waals surface area contributed by atoms with Gasteiger partial charge in [-0.3, -0.25) is 9.59 Å². The zero-order valence-electron chi connectivity index (χ0n) is 28.8. The molecule has 1 saturated carbocycles. The van der Waals surface area contributed by atoms with E-state index in [1.165, 1.54) is 0 Å². The molecule has 3 aromatic rings. The van der Waals surface area contributed by atoms with Gasteiger partial charge in [0.15, 0.2) is 12.5 Å². The Labute approximate surface area is 288 Å². The van der Waals surface area contributed by atoms with Gasteiger partial charge in [0.2, 0.25) is 11.8 Å². The summed E-state index contributed by atoms with van der Waals surface area (Å²) in [7, 11) is 0. The molecule has 2 aliphatic rings. The maximum atomic E-state index is 13.8. The van der Waals surface area contributed by atoms with Crippen LogP contribution in [-0.4, -0.2) is 54.0 Å². The van der Waals surface area contributed by atoms with Gasteiger partial charge in [-0.2, -0.15) is 5.11 Å². The van der Waals surface area contributed by atoms with Gasteiger partial charge >= 0.3 is 6.09 Å². The van der Waals surface area contributed by atoms with Gasteiger partial charge in [-0.05, 0) is 113 Å². The molecule has 1 atom stereocenters. The summed E-state index contributed by atoms with van der Waals surface area (Å²) in [5.74, 6) is 0.659. The maximum Gasteiger partial charge on any atom is 0.407 e. The number of azo groups is 1. The maximum absolute atomic E-state index is 13.8. The van der Waals surface area contributed by atoms with E-state index in [0.29, 0.717) is 43.6 Å². The molecule has 2 heterocycles. The van der Waals surface area contributed by atoms with Crippen LogP contribution >= 0.6 is 0 Å². The van der Waals surface area contributed by atoms with Crippen LogP contribution in [0.2, 0.25) is 0 Å². The number of nitrogens with one attached hydrogen (secondary N) is 2. The third-order valence-corrected chi connectivity index (χ3v) is 8.71. The van der Waals surface area contributed by atoms with Crippen molar-refractivity contribution in [1.82, 2.24) is 10.3 Å². The van der Waals surface area contributed by atoms with E-state index < -0.39 is 17.6 Å². The fourth-order valence-corrected chi connectivity index (χ4v) is 6.19. The van der Waals surface area contributed by atoms with E-state index in [9.17, 15) is 14.4 Å². The molecule has 2 amide bonds. The fraction of sp³-hybridized carbons (Fsp3) is 0.447. The molecule has 0 saturated heterocycles. The molecule has 0 radical (unpaired) electrons. The Morgan fingerprint density at radius 2 is 1.65 bits per heavy atom. The number of Topliss-reactive ketones (excluding diaryl/α,β-unsaturated/α-hetero) is 1. The highest BCUT2D eigenvalue weighted by molar-refractivity contribution is 6.01. The molecule has 1 fully saturated rings. The number of aliphatic imine (C=N–C) groups is 1. The van der Waals surface area contributed by atoms with Crippen molar-refractivity contribution in [2.45, 2.75) is 71.8 Å². The number of anilines is 1. The standard InChI is InChI=1S/C38H46N6O5/c1-5-48-36-32(7-6-20-39-36)27-12-8-25(9-13-27)21-30(35(46)43-31-18-16-29(17-19-31)34-41-24-42-44-34)22-33(45)28-14-10-26(11-15-28)23-40-37(47)49-38(2,3)4/h6-9,12-13,16-20,26,28,30H,5,10-11,14-15,21-24H2,1-4H3,(H,40,47)(H,43,46)/t26?,28?,30-/m1/s1. The molecule has 11 nitrogen and oxygen atoms in total. The van der Waals surface area contributed by atoms with Crippen LogP contribution < -0.4 is 15.4 Å². The molecule has 2 N–H and O–H groups in total. The van der Waals surface area contributed by atoms with Crippen molar-refractivity contribution in [3.8, 4) is 17.0 Å². The summed E-state index contributed by atoms with van der Waals surface area (Å²) < 4.78 is 11.1. The lowest BCUT2D eigenvalue weighted by atomic mass is 9.77. The number of amides is 2. The van der Waals surface area contributed by atoms with Gasteiger partial charge in [-0.25, -0.2) is 14.8 Å². The predicted molar refractivity (Wildman–Crippen MR) is 189 cm³/mol. The van der Waals surface area contributed by atoms with E-state index >= 15 is 0 Å². The van der Waals surface area contributed by atoms with Crippen LogP contribution in [0.3, 0.4) is 0 Å². The zero-order valence-corrected chi connectivity index (χ0v) is 28.8. The van der Waals surface area contributed by atoms with E-state index in [0.717, 1.165) is 47.9 Å². The summed E-state index contributed by atoms with van der Waals surface area (Å²) in [5, 5.41) is 13.8. The molecule has 49 heavy (non-hydrogen) atoms. The number of hydrogen-bond acceptors (Lipinski definition) is 9. The lowest BCUT2D eigenvalue weighted by Crippen LogP contribution is -2.37. The number of amidine groups is 1. The molecule has 2 aromatic carbocycles. The number of ketones is 1. The Morgan fingerprint density at radius 1 is 0.939 bits per heavy atom. The summed E-state index contributed by atoms with van der Waals surface area (Å²) in [4.78, 5) is 48.2. The third-order valence-electron chi connectivity index (χ3n) is 8.71. The van der Waals surface area contributed by atoms with Gasteiger partial charge in [0.1, 0.15) is 11.4 Å². The number of hydrogen-bond donors (Lipinski definition) is 2. The predicted octanol–water partition coefficient (Wildman–Crippen LogP) is 7.40. The fourth-order valence-electron chi connectivity index (χ4n) is 6.19. The van der Waals surface area contributed by atoms with E-state index in [-0.39, 0.29) is 29.9 Å². The van der Waals surface area contributed by atoms with Gasteiger partial charge < -0.3 is 20.1 Å². The number of aromatic nitrogens is 1. The summed E-state index contributed by atoms with van der Waals surface area (Å²) in [6.45, 7) is 8.80. The Hall–Kier alpha value is -4.93. The number of ether oxygens (including phenoxy) is 2. The highest BCUT2D eigenvalue weighted by Gasteiger charge is 2.31. The van der Waals surface area contributed by atoms with Gasteiger partial charge in [-0.1, -0.05) is 24.3 Å². The molecule has 5 rings (SSSR count). The van der Waals surface area contributed by atoms with Crippen LogP contribution in [-0.2, 0) is 20.7 Å². The van der Waals surface area contributed by atoms with Gasteiger partial charge in [0.05, 0.1) is 6.61 Å². The molecule has 1 aliphatic carbocycles. The van der Waals surface area contributed by atoms with Crippen molar-refractivity contribution >= 4 is 29.3 Å². The average Bonchev–Trinajstić information content (AvgIpc) is 3.63. The highest BCUT2D eigenvalue weighted by atomic mass is 16.6. The minimum atomic E-state index is -0.560. The number of carbonyl (C=O) groups excluding carboxylic acids is 3. The second kappa shape index (κ2) is 16.5. The minimum Gasteiger partial charge on any atom is -0.478 e. The lowest BCUT2D eigenvalue weighted by Gasteiger charge is -2.29. The first kappa shape index (κ1) is 35.4. The molecule has 11 heteroatoms. The monoisotopic (exact) mass is 666 g/mol. The van der Waals surface area contributed by atoms with Crippen molar-refractivity contribution < 1.29 is 23.9 Å². The van der Waals surface area contributed by atoms with Crippen molar-refractivity contribution in [1.29, 1.82) is 0 Å². The van der Waals surface area contributed by atoms with E-state index in [2.05, 4.69) is 30.8 Å². The highest BCUT2D eigenvalue weighted by Crippen LogP contribution is 2.32. The first-order chi connectivity index (χ1) is 23.6. The van der Waals surface area contributed by atoms with Crippen molar-refractivity contribution in [3.63, 3.8) is 0 Å². The number of carbonyl (C=O) groups is 3. The van der Waals surface area contributed by atoms with Crippen molar-refractivity contribution in [3.05, 3.63) is 78.0 Å². The van der Waals surface area contributed by atoms with Crippen LogP contribution in [0.25, 0.3) is 11.1 Å². The SMILES string of the molecule is CCOc1ncccc1-c1ccc(C[C@H](CC(=O)C2CCC(CNC(=O)OC(C)(C)C)CC2)C(=O)Nc2ccc(C3=NCN=N3)cc2)cc1. The van der Waals surface area contributed by atoms with E-state index in [4.69, 9.17) is 9.47 Å². The second-order valence-electron chi connectivity index (χ2n) is 13.6. The number of pyridine rings is 1. The van der Waals surface area contributed by atoms with Gasteiger partial charge in [-0.15, -0.1) is 5.11 Å². The zero-order chi connectivity index (χ0) is 34.8. The number of benzene rings is 2. The van der Waals surface area contributed by atoms with Gasteiger partial charge in [0.25, 0.3) is 0 Å². The first-order valence-electron chi connectivity index (χ1n) is 17.1. The Kier molecular flexibility index (Phi) is 11.9. The average molecular weight is 667 g/mol. The van der Waals surface area contributed by atoms with Crippen LogP contribution in [0.15, 0.2) is 82.1 Å². The second-order valence-corrected chi connectivity index (χ2v) is 13.6. The van der Waals surface area contributed by atoms with Crippen LogP contribution in [0.1, 0.15) is 70.9 Å². The topological polar surface area (TPSA) is 144 Å². The van der Waals surface area contributed by atoms with Gasteiger partial charge in [0, 0.05) is 47.8 Å². The van der Waals surface area contributed by atoms with E-state index in [1.54, 1.807) is 6.20 Å². The quantitative estimate of drug-likeness (QED) is 0.195. The Morgan fingerprint density at radius 3 is 2.31 bits per heavy atom.